The van der Waals surface area contributed by atoms with Crippen molar-refractivity contribution in [3.8, 4) is 0 Å². The lowest BCUT2D eigenvalue weighted by molar-refractivity contribution is 0.0867. The van der Waals surface area contributed by atoms with Crippen LogP contribution in [0.25, 0.3) is 0 Å². The van der Waals surface area contributed by atoms with Crippen LogP contribution < -0.4 is 0 Å². The molecule has 82 valence electrons. The molecule has 2 atom stereocenters. The van der Waals surface area contributed by atoms with Crippen LogP contribution in [-0.4, -0.2) is 5.78 Å². The highest BCUT2D eigenvalue weighted by atomic mass is 79.9. The monoisotopic (exact) mass is 270 g/mol. The largest absolute Gasteiger partial charge is 0.457 e. The van der Waals surface area contributed by atoms with Gasteiger partial charge in [0.1, 0.15) is 6.26 Å². The van der Waals surface area contributed by atoms with Gasteiger partial charge in [-0.15, -0.1) is 0 Å². The first-order chi connectivity index (χ1) is 7.16. The molecule has 0 saturated heterocycles. The first-order valence-corrected chi connectivity index (χ1v) is 6.24. The zero-order chi connectivity index (χ0) is 10.8. The Hall–Kier alpha value is -0.570. The average Bonchev–Trinajstić information content (AvgIpc) is 2.64. The van der Waals surface area contributed by atoms with Gasteiger partial charge in [0.15, 0.2) is 10.5 Å². The summed E-state index contributed by atoms with van der Waals surface area (Å²) >= 11 is 3.22. The van der Waals surface area contributed by atoms with Crippen molar-refractivity contribution in [1.82, 2.24) is 0 Å². The highest BCUT2D eigenvalue weighted by Gasteiger charge is 2.26. The molecule has 2 unspecified atom stereocenters. The fourth-order valence-electron chi connectivity index (χ4n) is 2.35. The van der Waals surface area contributed by atoms with Crippen molar-refractivity contribution >= 4 is 21.7 Å². The maximum absolute atomic E-state index is 12.1. The molecule has 2 rings (SSSR count). The highest BCUT2D eigenvalue weighted by molar-refractivity contribution is 9.10. The Morgan fingerprint density at radius 2 is 2.33 bits per heavy atom. The van der Waals surface area contributed by atoms with E-state index in [2.05, 4.69) is 22.9 Å². The Labute approximate surface area is 98.2 Å². The van der Waals surface area contributed by atoms with Crippen LogP contribution in [-0.2, 0) is 0 Å². The predicted octanol–water partition coefficient (Wildman–Crippen LogP) is 4.05. The van der Waals surface area contributed by atoms with E-state index >= 15 is 0 Å². The Kier molecular flexibility index (Phi) is 3.29. The number of hydrogen-bond acceptors (Lipinski definition) is 2. The SMILES string of the molecule is CC1CCCC(C(=O)c2coc(Br)c2)C1. The second-order valence-electron chi connectivity index (χ2n) is 4.47. The molecule has 1 fully saturated rings. The van der Waals surface area contributed by atoms with Gasteiger partial charge in [-0.05, 0) is 34.7 Å². The van der Waals surface area contributed by atoms with E-state index in [1.165, 1.54) is 12.8 Å². The average molecular weight is 271 g/mol. The van der Waals surface area contributed by atoms with Crippen LogP contribution in [0.3, 0.4) is 0 Å². The second-order valence-corrected chi connectivity index (χ2v) is 5.25. The molecule has 0 spiro atoms. The molecule has 0 N–H and O–H groups in total. The van der Waals surface area contributed by atoms with Crippen molar-refractivity contribution in [2.24, 2.45) is 11.8 Å². The van der Waals surface area contributed by atoms with Gasteiger partial charge in [-0.3, -0.25) is 4.79 Å². The summed E-state index contributed by atoms with van der Waals surface area (Å²) in [6.45, 7) is 2.23. The fourth-order valence-corrected chi connectivity index (χ4v) is 2.69. The number of halogens is 1. The van der Waals surface area contributed by atoms with Crippen LogP contribution in [0.2, 0.25) is 0 Å². The molecule has 3 heteroatoms. The molecule has 1 heterocycles. The summed E-state index contributed by atoms with van der Waals surface area (Å²) in [5, 5.41) is 0. The molecule has 0 aliphatic heterocycles. The van der Waals surface area contributed by atoms with Gasteiger partial charge in [0.05, 0.1) is 5.56 Å². The molecule has 1 saturated carbocycles. The molecule has 2 nitrogen and oxygen atoms in total. The summed E-state index contributed by atoms with van der Waals surface area (Å²) in [6, 6.07) is 1.77. The summed E-state index contributed by atoms with van der Waals surface area (Å²) in [4.78, 5) is 12.1. The van der Waals surface area contributed by atoms with Crippen molar-refractivity contribution in [2.75, 3.05) is 0 Å². The highest BCUT2D eigenvalue weighted by Crippen LogP contribution is 2.31. The second kappa shape index (κ2) is 4.52. The van der Waals surface area contributed by atoms with Gasteiger partial charge >= 0.3 is 0 Å². The third-order valence-electron chi connectivity index (χ3n) is 3.16. The summed E-state index contributed by atoms with van der Waals surface area (Å²) in [7, 11) is 0. The van der Waals surface area contributed by atoms with Crippen LogP contribution >= 0.6 is 15.9 Å². The summed E-state index contributed by atoms with van der Waals surface area (Å²) in [5.74, 6) is 1.14. The van der Waals surface area contributed by atoms with Crippen LogP contribution in [0, 0.1) is 11.8 Å². The summed E-state index contributed by atoms with van der Waals surface area (Å²) in [5.41, 5.74) is 0.709. The van der Waals surface area contributed by atoms with Crippen molar-refractivity contribution in [3.05, 3.63) is 22.6 Å². The van der Waals surface area contributed by atoms with E-state index in [4.69, 9.17) is 4.42 Å². The molecule has 0 amide bonds. The topological polar surface area (TPSA) is 30.2 Å². The van der Waals surface area contributed by atoms with Gasteiger partial charge in [-0.2, -0.15) is 0 Å². The number of rotatable bonds is 2. The standard InChI is InChI=1S/C12H15BrO2/c1-8-3-2-4-9(5-8)12(14)10-6-11(13)15-7-10/h6-9H,2-5H2,1H3. The van der Waals surface area contributed by atoms with Crippen LogP contribution in [0.15, 0.2) is 21.4 Å². The Morgan fingerprint density at radius 3 is 2.93 bits per heavy atom. The lowest BCUT2D eigenvalue weighted by atomic mass is 9.79. The smallest absolute Gasteiger partial charge is 0.169 e. The van der Waals surface area contributed by atoms with E-state index in [-0.39, 0.29) is 11.7 Å². The lowest BCUT2D eigenvalue weighted by Crippen LogP contribution is -2.21. The third kappa shape index (κ3) is 2.51. The van der Waals surface area contributed by atoms with E-state index < -0.39 is 0 Å². The van der Waals surface area contributed by atoms with Gasteiger partial charge in [-0.1, -0.05) is 19.8 Å². The number of hydrogen-bond donors (Lipinski definition) is 0. The normalized spacial score (nSPS) is 26.5. The van der Waals surface area contributed by atoms with Gasteiger partial charge in [0.2, 0.25) is 0 Å². The van der Waals surface area contributed by atoms with E-state index in [1.807, 2.05) is 0 Å². The maximum Gasteiger partial charge on any atom is 0.169 e. The van der Waals surface area contributed by atoms with Gasteiger partial charge in [-0.25, -0.2) is 0 Å². The van der Waals surface area contributed by atoms with Crippen molar-refractivity contribution < 1.29 is 9.21 Å². The minimum absolute atomic E-state index is 0.207. The minimum Gasteiger partial charge on any atom is -0.457 e. The molecule has 0 bridgehead atoms. The van der Waals surface area contributed by atoms with Gasteiger partial charge in [0.25, 0.3) is 0 Å². The molecule has 0 radical (unpaired) electrons. The molecule has 0 aromatic carbocycles. The zero-order valence-electron chi connectivity index (χ0n) is 8.83. The predicted molar refractivity (Wildman–Crippen MR) is 61.9 cm³/mol. The number of carbonyl (C=O) groups is 1. The van der Waals surface area contributed by atoms with Gasteiger partial charge < -0.3 is 4.42 Å². The van der Waals surface area contributed by atoms with Crippen LogP contribution in [0.1, 0.15) is 43.0 Å². The first-order valence-electron chi connectivity index (χ1n) is 5.45. The number of ketones is 1. The third-order valence-corrected chi connectivity index (χ3v) is 3.57. The van der Waals surface area contributed by atoms with E-state index in [1.54, 1.807) is 12.3 Å². The molecule has 1 aromatic rings. The molecule has 1 aromatic heterocycles. The summed E-state index contributed by atoms with van der Waals surface area (Å²) in [6.07, 6.45) is 6.05. The fraction of sp³-hybridized carbons (Fsp3) is 0.583. The maximum atomic E-state index is 12.1. The Balaban J connectivity index is 2.07. The van der Waals surface area contributed by atoms with Gasteiger partial charge in [0, 0.05) is 12.0 Å². The van der Waals surface area contributed by atoms with Crippen molar-refractivity contribution in [1.29, 1.82) is 0 Å². The van der Waals surface area contributed by atoms with E-state index in [9.17, 15) is 4.79 Å². The number of furan rings is 1. The molecule has 1 aliphatic carbocycles. The molecular formula is C12H15BrO2. The Bertz CT molecular complexity index is 356. The molecule has 15 heavy (non-hydrogen) atoms. The van der Waals surface area contributed by atoms with Crippen molar-refractivity contribution in [3.63, 3.8) is 0 Å². The Morgan fingerprint density at radius 1 is 1.53 bits per heavy atom. The van der Waals surface area contributed by atoms with Crippen LogP contribution in [0.4, 0.5) is 0 Å². The quantitative estimate of drug-likeness (QED) is 0.759. The van der Waals surface area contributed by atoms with Crippen molar-refractivity contribution in [2.45, 2.75) is 32.6 Å². The zero-order valence-corrected chi connectivity index (χ0v) is 10.4. The molecule has 1 aliphatic rings. The molecular weight excluding hydrogens is 256 g/mol. The minimum atomic E-state index is 0.207. The lowest BCUT2D eigenvalue weighted by Gasteiger charge is -2.25. The number of Topliss-reactive ketones (excluding diaryl/α,β-unsaturated/α-hetero) is 1. The number of carbonyl (C=O) groups excluding carboxylic acids is 1. The van der Waals surface area contributed by atoms with E-state index in [0.717, 1.165) is 12.8 Å². The van der Waals surface area contributed by atoms with Crippen LogP contribution in [0.5, 0.6) is 0 Å². The first kappa shape index (κ1) is 10.9. The van der Waals surface area contributed by atoms with E-state index in [0.29, 0.717) is 16.2 Å². The summed E-state index contributed by atoms with van der Waals surface area (Å²) < 4.78 is 5.73.